The van der Waals surface area contributed by atoms with Gasteiger partial charge in [-0.25, -0.2) is 4.98 Å². The summed E-state index contributed by atoms with van der Waals surface area (Å²) < 4.78 is 0. The second kappa shape index (κ2) is 9.26. The molecule has 1 fully saturated rings. The molecule has 1 amide bonds. The maximum absolute atomic E-state index is 12.7. The Hall–Kier alpha value is -1.92. The largest absolute Gasteiger partial charge is 0.348 e. The van der Waals surface area contributed by atoms with Crippen molar-refractivity contribution in [1.82, 2.24) is 15.2 Å². The van der Waals surface area contributed by atoms with Gasteiger partial charge in [0, 0.05) is 31.6 Å². The predicted molar refractivity (Wildman–Crippen MR) is 120 cm³/mol. The Bertz CT molecular complexity index is 849. The average Bonchev–Trinajstić information content (AvgIpc) is 3.02. The fraction of sp³-hybridized carbons (Fsp3) is 0.565. The molecule has 1 N–H and O–H groups in total. The number of carbonyl (C=O) groups excluding carboxylic acids is 1. The van der Waals surface area contributed by atoms with Crippen LogP contribution in [0.1, 0.15) is 54.6 Å². The second-order valence-corrected chi connectivity index (χ2v) is 9.25. The molecule has 1 unspecified atom stereocenters. The van der Waals surface area contributed by atoms with Crippen molar-refractivity contribution in [2.24, 2.45) is 0 Å². The molecule has 1 atom stereocenters. The van der Waals surface area contributed by atoms with Crippen LogP contribution in [0.3, 0.4) is 0 Å². The van der Waals surface area contributed by atoms with E-state index in [1.54, 1.807) is 11.3 Å². The van der Waals surface area contributed by atoms with E-state index in [1.807, 2.05) is 6.92 Å². The van der Waals surface area contributed by atoms with Crippen LogP contribution in [0.25, 0.3) is 0 Å². The van der Waals surface area contributed by atoms with Crippen molar-refractivity contribution < 1.29 is 4.79 Å². The maximum Gasteiger partial charge on any atom is 0.234 e. The Labute approximate surface area is 178 Å². The predicted octanol–water partition coefficient (Wildman–Crippen LogP) is 3.72. The van der Waals surface area contributed by atoms with Gasteiger partial charge in [0.1, 0.15) is 0 Å². The molecule has 156 valence electrons. The van der Waals surface area contributed by atoms with E-state index in [2.05, 4.69) is 50.6 Å². The molecule has 1 saturated heterocycles. The Morgan fingerprint density at radius 3 is 2.76 bits per heavy atom. The van der Waals surface area contributed by atoms with Crippen LogP contribution in [0, 0.1) is 6.92 Å². The van der Waals surface area contributed by atoms with Gasteiger partial charge in [-0.3, -0.25) is 9.69 Å². The van der Waals surface area contributed by atoms with Crippen molar-refractivity contribution in [3.8, 4) is 0 Å². The highest BCUT2D eigenvalue weighted by atomic mass is 32.1. The zero-order valence-electron chi connectivity index (χ0n) is 17.6. The summed E-state index contributed by atoms with van der Waals surface area (Å²) in [6.45, 7) is 8.41. The van der Waals surface area contributed by atoms with Crippen LogP contribution >= 0.6 is 11.3 Å². The number of nitrogens with zero attached hydrogens (tertiary/aromatic N) is 3. The molecule has 0 saturated carbocycles. The molecule has 1 aromatic carbocycles. The molecular weight excluding hydrogens is 380 g/mol. The highest BCUT2D eigenvalue weighted by molar-refractivity contribution is 7.13. The van der Waals surface area contributed by atoms with Crippen LogP contribution in [0.15, 0.2) is 23.6 Å². The summed E-state index contributed by atoms with van der Waals surface area (Å²) in [6.07, 6.45) is 6.01. The van der Waals surface area contributed by atoms with Gasteiger partial charge in [0.2, 0.25) is 5.91 Å². The highest BCUT2D eigenvalue weighted by Crippen LogP contribution is 2.25. The van der Waals surface area contributed by atoms with E-state index in [1.165, 1.54) is 42.4 Å². The van der Waals surface area contributed by atoms with Crippen LogP contribution in [0.4, 0.5) is 5.13 Å². The minimum atomic E-state index is 0.0523. The number of aryl methyl sites for hydroxylation is 3. The Morgan fingerprint density at radius 2 is 1.97 bits per heavy atom. The molecule has 2 aliphatic rings. The van der Waals surface area contributed by atoms with Crippen molar-refractivity contribution in [3.05, 3.63) is 46.0 Å². The first-order chi connectivity index (χ1) is 14.1. The van der Waals surface area contributed by atoms with Gasteiger partial charge in [-0.2, -0.15) is 0 Å². The topological polar surface area (TPSA) is 48.5 Å². The first-order valence-corrected chi connectivity index (χ1v) is 11.8. The second-order valence-electron chi connectivity index (χ2n) is 8.41. The number of hydrogen-bond donors (Lipinski definition) is 1. The summed E-state index contributed by atoms with van der Waals surface area (Å²) in [6, 6.07) is 6.81. The van der Waals surface area contributed by atoms with Gasteiger partial charge in [-0.05, 0) is 62.6 Å². The van der Waals surface area contributed by atoms with Crippen LogP contribution in [0.2, 0.25) is 0 Å². The first kappa shape index (κ1) is 20.4. The van der Waals surface area contributed by atoms with Crippen molar-refractivity contribution in [3.63, 3.8) is 0 Å². The van der Waals surface area contributed by atoms with Gasteiger partial charge in [-0.15, -0.1) is 11.3 Å². The lowest BCUT2D eigenvalue weighted by Crippen LogP contribution is -2.40. The van der Waals surface area contributed by atoms with Gasteiger partial charge in [-0.1, -0.05) is 18.2 Å². The van der Waals surface area contributed by atoms with E-state index in [0.717, 1.165) is 43.4 Å². The summed E-state index contributed by atoms with van der Waals surface area (Å²) in [5.74, 6) is 0.119. The number of anilines is 1. The van der Waals surface area contributed by atoms with Crippen LogP contribution in [0.5, 0.6) is 0 Å². The van der Waals surface area contributed by atoms with E-state index in [9.17, 15) is 4.79 Å². The summed E-state index contributed by atoms with van der Waals surface area (Å²) in [4.78, 5) is 21.9. The van der Waals surface area contributed by atoms with Gasteiger partial charge < -0.3 is 10.2 Å². The molecule has 0 spiro atoms. The van der Waals surface area contributed by atoms with E-state index in [0.29, 0.717) is 6.54 Å². The SMILES string of the molecule is Cc1csc(N2CCCN(CC(=O)NC(C)c3ccc4c(c3)CCCC4)CC2)n1. The summed E-state index contributed by atoms with van der Waals surface area (Å²) in [5.41, 5.74) is 5.27. The van der Waals surface area contributed by atoms with E-state index >= 15 is 0 Å². The van der Waals surface area contributed by atoms with E-state index < -0.39 is 0 Å². The molecule has 0 radical (unpaired) electrons. The monoisotopic (exact) mass is 412 g/mol. The third-order valence-corrected chi connectivity index (χ3v) is 7.10. The average molecular weight is 413 g/mol. The van der Waals surface area contributed by atoms with Gasteiger partial charge in [0.05, 0.1) is 18.3 Å². The summed E-state index contributed by atoms with van der Waals surface area (Å²) >= 11 is 1.71. The van der Waals surface area contributed by atoms with Crippen molar-refractivity contribution in [1.29, 1.82) is 0 Å². The van der Waals surface area contributed by atoms with Gasteiger partial charge >= 0.3 is 0 Å². The highest BCUT2D eigenvalue weighted by Gasteiger charge is 2.20. The number of carbonyl (C=O) groups is 1. The van der Waals surface area contributed by atoms with Crippen LogP contribution in [-0.2, 0) is 17.6 Å². The number of rotatable bonds is 5. The number of benzene rings is 1. The third kappa shape index (κ3) is 5.17. The minimum Gasteiger partial charge on any atom is -0.348 e. The molecule has 2 heterocycles. The normalized spacial score (nSPS) is 18.8. The number of fused-ring (bicyclic) bond motifs is 1. The molecule has 1 aliphatic heterocycles. The maximum atomic E-state index is 12.7. The van der Waals surface area contributed by atoms with Crippen molar-refractivity contribution in [2.45, 2.75) is 52.0 Å². The zero-order chi connectivity index (χ0) is 20.2. The molecule has 0 bridgehead atoms. The molecule has 2 aromatic rings. The van der Waals surface area contributed by atoms with Gasteiger partial charge in [0.15, 0.2) is 5.13 Å². The molecule has 29 heavy (non-hydrogen) atoms. The Kier molecular flexibility index (Phi) is 6.50. The number of amides is 1. The number of nitrogens with one attached hydrogen (secondary N) is 1. The fourth-order valence-corrected chi connectivity index (χ4v) is 5.26. The van der Waals surface area contributed by atoms with Crippen LogP contribution in [-0.4, -0.2) is 48.5 Å². The lowest BCUT2D eigenvalue weighted by atomic mass is 9.89. The quantitative estimate of drug-likeness (QED) is 0.813. The molecule has 1 aromatic heterocycles. The van der Waals surface area contributed by atoms with Crippen molar-refractivity contribution in [2.75, 3.05) is 37.6 Å². The molecular formula is C23H32N4OS. The summed E-state index contributed by atoms with van der Waals surface area (Å²) in [5, 5.41) is 6.42. The summed E-state index contributed by atoms with van der Waals surface area (Å²) in [7, 11) is 0. The van der Waals surface area contributed by atoms with Crippen LogP contribution < -0.4 is 10.2 Å². The van der Waals surface area contributed by atoms with E-state index in [4.69, 9.17) is 0 Å². The molecule has 5 nitrogen and oxygen atoms in total. The third-order valence-electron chi connectivity index (χ3n) is 6.08. The molecule has 6 heteroatoms. The van der Waals surface area contributed by atoms with E-state index in [-0.39, 0.29) is 11.9 Å². The smallest absolute Gasteiger partial charge is 0.234 e. The van der Waals surface area contributed by atoms with Crippen molar-refractivity contribution >= 4 is 22.4 Å². The lowest BCUT2D eigenvalue weighted by molar-refractivity contribution is -0.122. The molecule has 1 aliphatic carbocycles. The number of aromatic nitrogens is 1. The lowest BCUT2D eigenvalue weighted by Gasteiger charge is -2.23. The Balaban J connectivity index is 1.29. The first-order valence-electron chi connectivity index (χ1n) is 10.9. The van der Waals surface area contributed by atoms with Gasteiger partial charge in [0.25, 0.3) is 0 Å². The minimum absolute atomic E-state index is 0.0523. The zero-order valence-corrected chi connectivity index (χ0v) is 18.4. The fourth-order valence-electron chi connectivity index (χ4n) is 4.40. The number of hydrogen-bond acceptors (Lipinski definition) is 5. The standard InChI is InChI=1S/C23H32N4OS/c1-17-16-29-23(24-17)27-11-5-10-26(12-13-27)15-22(28)25-18(2)20-9-8-19-6-3-4-7-21(19)14-20/h8-9,14,16,18H,3-7,10-13,15H2,1-2H3,(H,25,28). The number of thiazole rings is 1. The molecule has 4 rings (SSSR count). The Morgan fingerprint density at radius 1 is 1.14 bits per heavy atom.